The molecule has 0 atom stereocenters. The number of hydrogen-bond acceptors (Lipinski definition) is 7. The van der Waals surface area contributed by atoms with Gasteiger partial charge in [-0.05, 0) is 49.2 Å². The maximum absolute atomic E-state index is 13.2. The number of rotatable bonds is 6. The summed E-state index contributed by atoms with van der Waals surface area (Å²) in [5.41, 5.74) is 1.07. The zero-order chi connectivity index (χ0) is 22.1. The van der Waals surface area contributed by atoms with Crippen LogP contribution >= 0.6 is 11.3 Å². The first kappa shape index (κ1) is 21.5. The fourth-order valence-corrected chi connectivity index (χ4v) is 7.29. The van der Waals surface area contributed by atoms with Gasteiger partial charge in [-0.25, -0.2) is 13.4 Å². The molecule has 1 aliphatic heterocycles. The topological polar surface area (TPSA) is 75.9 Å². The number of ether oxygens (including phenoxy) is 1. The molecule has 1 aliphatic carbocycles. The average molecular weight is 474 g/mol. The van der Waals surface area contributed by atoms with Crippen LogP contribution in [-0.2, 0) is 10.0 Å². The van der Waals surface area contributed by atoms with Crippen LogP contribution in [0.1, 0.15) is 37.5 Å². The number of oxazole rings is 1. The lowest BCUT2D eigenvalue weighted by Gasteiger charge is -2.35. The van der Waals surface area contributed by atoms with E-state index in [2.05, 4.69) is 9.88 Å². The molecule has 2 aliphatic rings. The van der Waals surface area contributed by atoms with E-state index in [1.165, 1.54) is 24.2 Å². The number of thiophene rings is 1. The van der Waals surface area contributed by atoms with Crippen LogP contribution in [0, 0.1) is 0 Å². The quantitative estimate of drug-likeness (QED) is 0.522. The smallest absolute Gasteiger partial charge is 0.252 e. The highest BCUT2D eigenvalue weighted by molar-refractivity contribution is 7.91. The molecule has 170 valence electrons. The molecular weight excluding hydrogens is 446 g/mol. The maximum atomic E-state index is 13.2. The van der Waals surface area contributed by atoms with Crippen molar-refractivity contribution in [2.75, 3.05) is 38.2 Å². The first-order valence-corrected chi connectivity index (χ1v) is 13.3. The molecule has 0 spiro atoms. The van der Waals surface area contributed by atoms with Crippen LogP contribution in [0.4, 0.5) is 5.69 Å². The lowest BCUT2D eigenvalue weighted by molar-refractivity contribution is 0.385. The Hall–Kier alpha value is -2.36. The van der Waals surface area contributed by atoms with Gasteiger partial charge in [0.2, 0.25) is 0 Å². The summed E-state index contributed by atoms with van der Waals surface area (Å²) < 4.78 is 39.6. The molecule has 2 fully saturated rings. The number of methoxy groups -OCH3 is 1. The van der Waals surface area contributed by atoms with Gasteiger partial charge in [-0.2, -0.15) is 4.31 Å². The van der Waals surface area contributed by atoms with Gasteiger partial charge in [0.05, 0.1) is 18.2 Å². The Labute approximate surface area is 192 Å². The Balaban J connectivity index is 1.26. The number of piperazine rings is 1. The van der Waals surface area contributed by atoms with Crippen molar-refractivity contribution in [1.82, 2.24) is 9.29 Å². The van der Waals surface area contributed by atoms with E-state index in [1.54, 1.807) is 23.7 Å². The molecule has 1 aromatic carbocycles. The Morgan fingerprint density at radius 1 is 1.03 bits per heavy atom. The Morgan fingerprint density at radius 3 is 2.44 bits per heavy atom. The van der Waals surface area contributed by atoms with Gasteiger partial charge in [-0.3, -0.25) is 0 Å². The van der Waals surface area contributed by atoms with Crippen LogP contribution in [0.3, 0.4) is 0 Å². The van der Waals surface area contributed by atoms with Crippen LogP contribution in [0.2, 0.25) is 0 Å². The van der Waals surface area contributed by atoms with E-state index >= 15 is 0 Å². The second-order valence-electron chi connectivity index (χ2n) is 8.25. The first-order chi connectivity index (χ1) is 15.5. The van der Waals surface area contributed by atoms with Gasteiger partial charge in [0.15, 0.2) is 11.7 Å². The van der Waals surface area contributed by atoms with E-state index in [1.807, 2.05) is 30.3 Å². The van der Waals surface area contributed by atoms with Crippen molar-refractivity contribution in [3.8, 4) is 16.4 Å². The largest absolute Gasteiger partial charge is 0.497 e. The molecule has 0 radical (unpaired) electrons. The maximum Gasteiger partial charge on any atom is 0.252 e. The summed E-state index contributed by atoms with van der Waals surface area (Å²) in [5, 5.41) is 0. The predicted octanol–water partition coefficient (Wildman–Crippen LogP) is 4.58. The monoisotopic (exact) mass is 473 g/mol. The van der Waals surface area contributed by atoms with Gasteiger partial charge in [0.1, 0.15) is 9.96 Å². The van der Waals surface area contributed by atoms with Gasteiger partial charge in [0, 0.05) is 37.8 Å². The lowest BCUT2D eigenvalue weighted by atomic mass is 10.1. The van der Waals surface area contributed by atoms with Crippen LogP contribution in [0.5, 0.6) is 5.75 Å². The summed E-state index contributed by atoms with van der Waals surface area (Å²) in [6.45, 7) is 2.21. The molecular formula is C23H27N3O4S2. The molecule has 1 saturated heterocycles. The molecule has 1 saturated carbocycles. The third kappa shape index (κ3) is 4.16. The van der Waals surface area contributed by atoms with Crippen molar-refractivity contribution in [3.05, 3.63) is 48.5 Å². The average Bonchev–Trinajstić information content (AvgIpc) is 3.60. The highest BCUT2D eigenvalue weighted by Gasteiger charge is 2.30. The van der Waals surface area contributed by atoms with Crippen LogP contribution in [0.15, 0.2) is 51.2 Å². The molecule has 2 aromatic heterocycles. The van der Waals surface area contributed by atoms with Crippen molar-refractivity contribution in [2.24, 2.45) is 0 Å². The van der Waals surface area contributed by atoms with E-state index in [9.17, 15) is 8.42 Å². The van der Waals surface area contributed by atoms with E-state index < -0.39 is 10.0 Å². The molecule has 5 rings (SSSR count). The standard InChI is InChI=1S/C23H27N3O4S2/c1-29-19-8-6-18(7-9-19)25-12-14-26(15-13-25)32(27,28)22-11-10-21(31-22)20-16-24-23(30-20)17-4-2-3-5-17/h6-11,16-17H,2-5,12-15H2,1H3. The highest BCUT2D eigenvalue weighted by Crippen LogP contribution is 2.38. The molecule has 3 heterocycles. The van der Waals surface area contributed by atoms with Gasteiger partial charge in [0.25, 0.3) is 10.0 Å². The third-order valence-electron chi connectivity index (χ3n) is 6.32. The lowest BCUT2D eigenvalue weighted by Crippen LogP contribution is -2.48. The van der Waals surface area contributed by atoms with Crippen molar-refractivity contribution >= 4 is 27.0 Å². The molecule has 0 bridgehead atoms. The predicted molar refractivity (Wildman–Crippen MR) is 125 cm³/mol. The van der Waals surface area contributed by atoms with E-state index in [4.69, 9.17) is 9.15 Å². The molecule has 0 amide bonds. The zero-order valence-corrected chi connectivity index (χ0v) is 19.7. The minimum absolute atomic E-state index is 0.351. The molecule has 0 N–H and O–H groups in total. The third-order valence-corrected chi connectivity index (χ3v) is 9.79. The van der Waals surface area contributed by atoms with Gasteiger partial charge in [-0.1, -0.05) is 12.8 Å². The Kier molecular flexibility index (Phi) is 5.96. The molecule has 7 nitrogen and oxygen atoms in total. The second-order valence-corrected chi connectivity index (χ2v) is 11.5. The second kappa shape index (κ2) is 8.88. The normalized spacial score (nSPS) is 18.3. The number of hydrogen-bond donors (Lipinski definition) is 0. The highest BCUT2D eigenvalue weighted by atomic mass is 32.2. The Morgan fingerprint density at radius 2 is 1.75 bits per heavy atom. The number of sulfonamides is 1. The number of aromatic nitrogens is 1. The van der Waals surface area contributed by atoms with Crippen molar-refractivity contribution in [2.45, 2.75) is 35.8 Å². The summed E-state index contributed by atoms with van der Waals surface area (Å²) in [6, 6.07) is 11.4. The minimum Gasteiger partial charge on any atom is -0.497 e. The fourth-order valence-electron chi connectivity index (χ4n) is 4.46. The summed E-state index contributed by atoms with van der Waals surface area (Å²) in [6.07, 6.45) is 6.40. The van der Waals surface area contributed by atoms with Crippen LogP contribution in [0.25, 0.3) is 10.6 Å². The summed E-state index contributed by atoms with van der Waals surface area (Å²) in [7, 11) is -1.89. The first-order valence-electron chi connectivity index (χ1n) is 11.0. The van der Waals surface area contributed by atoms with Crippen LogP contribution < -0.4 is 9.64 Å². The van der Waals surface area contributed by atoms with Gasteiger partial charge in [-0.15, -0.1) is 11.3 Å². The number of benzene rings is 1. The van der Waals surface area contributed by atoms with Crippen LogP contribution in [-0.4, -0.2) is 51.0 Å². The van der Waals surface area contributed by atoms with E-state index in [0.29, 0.717) is 42.1 Å². The van der Waals surface area contributed by atoms with Crippen molar-refractivity contribution < 1.29 is 17.6 Å². The zero-order valence-electron chi connectivity index (χ0n) is 18.1. The molecule has 32 heavy (non-hydrogen) atoms. The Bertz CT molecular complexity index is 1160. The SMILES string of the molecule is COc1ccc(N2CCN(S(=O)(=O)c3ccc(-c4cnc(C5CCCC5)o4)s3)CC2)cc1. The summed E-state index contributed by atoms with van der Waals surface area (Å²) >= 11 is 1.25. The molecule has 0 unspecified atom stereocenters. The van der Waals surface area contributed by atoms with E-state index in [-0.39, 0.29) is 0 Å². The van der Waals surface area contributed by atoms with Crippen molar-refractivity contribution in [3.63, 3.8) is 0 Å². The minimum atomic E-state index is -3.53. The molecule has 9 heteroatoms. The van der Waals surface area contributed by atoms with Gasteiger partial charge >= 0.3 is 0 Å². The summed E-state index contributed by atoms with van der Waals surface area (Å²) in [5.74, 6) is 2.65. The molecule has 3 aromatic rings. The number of nitrogens with zero attached hydrogens (tertiary/aromatic N) is 3. The van der Waals surface area contributed by atoms with Gasteiger partial charge < -0.3 is 14.1 Å². The summed E-state index contributed by atoms with van der Waals surface area (Å²) in [4.78, 5) is 7.45. The van der Waals surface area contributed by atoms with Crippen molar-refractivity contribution in [1.29, 1.82) is 0 Å². The van der Waals surface area contributed by atoms with E-state index in [0.717, 1.165) is 35.0 Å². The number of anilines is 1. The fraction of sp³-hybridized carbons (Fsp3) is 0.435.